The minimum atomic E-state index is -0.727. The van der Waals surface area contributed by atoms with Gasteiger partial charge in [0.25, 0.3) is 5.91 Å². The number of amides is 2. The molecule has 1 aliphatic heterocycles. The van der Waals surface area contributed by atoms with Gasteiger partial charge in [0.1, 0.15) is 6.04 Å². The topological polar surface area (TPSA) is 69.6 Å². The second kappa shape index (κ2) is 8.42. The molecule has 142 valence electrons. The van der Waals surface area contributed by atoms with Crippen molar-refractivity contribution in [2.24, 2.45) is 0 Å². The monoisotopic (exact) mass is 450 g/mol. The van der Waals surface area contributed by atoms with Gasteiger partial charge in [-0.15, -0.1) is 0 Å². The van der Waals surface area contributed by atoms with Crippen molar-refractivity contribution in [3.63, 3.8) is 0 Å². The third kappa shape index (κ3) is 4.69. The predicted octanol–water partition coefficient (Wildman–Crippen LogP) is 3.30. The minimum Gasteiger partial charge on any atom is -0.391 e. The maximum atomic E-state index is 12.9. The molecule has 0 radical (unpaired) electrons. The van der Waals surface area contributed by atoms with Crippen LogP contribution in [0.1, 0.15) is 27.9 Å². The van der Waals surface area contributed by atoms with Gasteiger partial charge in [0, 0.05) is 29.0 Å². The molecule has 27 heavy (non-hydrogen) atoms. The molecule has 0 saturated carbocycles. The normalized spacial score (nSPS) is 19.2. The number of carbonyl (C=O) groups is 2. The van der Waals surface area contributed by atoms with Gasteiger partial charge >= 0.3 is 0 Å². The molecule has 0 unspecified atom stereocenters. The number of benzene rings is 2. The first-order valence-electron chi connectivity index (χ1n) is 8.62. The lowest BCUT2D eigenvalue weighted by molar-refractivity contribution is -0.125. The number of aliphatic hydroxyl groups is 1. The number of likely N-dealkylation sites (tertiary alicyclic amines) is 1. The molecular formula is C20H20BrClN2O3. The fourth-order valence-corrected chi connectivity index (χ4v) is 3.97. The van der Waals surface area contributed by atoms with Crippen LogP contribution in [-0.2, 0) is 11.3 Å². The summed E-state index contributed by atoms with van der Waals surface area (Å²) < 4.78 is 0.556. The number of nitrogens with one attached hydrogen (secondary N) is 1. The van der Waals surface area contributed by atoms with E-state index in [1.165, 1.54) is 4.90 Å². The Morgan fingerprint density at radius 2 is 1.96 bits per heavy atom. The van der Waals surface area contributed by atoms with Gasteiger partial charge in [0.2, 0.25) is 5.91 Å². The Kier molecular flexibility index (Phi) is 6.19. The maximum Gasteiger partial charge on any atom is 0.255 e. The van der Waals surface area contributed by atoms with Gasteiger partial charge in [-0.05, 0) is 46.6 Å². The van der Waals surface area contributed by atoms with Crippen LogP contribution in [0.25, 0.3) is 0 Å². The number of carbonyl (C=O) groups excluding carboxylic acids is 2. The molecule has 5 nitrogen and oxygen atoms in total. The fraction of sp³-hybridized carbons (Fsp3) is 0.300. The van der Waals surface area contributed by atoms with Crippen molar-refractivity contribution < 1.29 is 14.7 Å². The molecular weight excluding hydrogens is 432 g/mol. The SMILES string of the molecule is Cc1ccc(CNC(=O)[C@@H]2C[C@@H](O)CN2C(=O)c2ccc(Cl)cc2Br)cc1. The Bertz CT molecular complexity index is 857. The standard InChI is InChI=1S/C20H20BrClN2O3/c1-12-2-4-13(5-3-12)10-23-19(26)18-9-15(25)11-24(18)20(27)16-7-6-14(22)8-17(16)21/h2-8,15,18,25H,9-11H2,1H3,(H,23,26)/t15-,18+/m1/s1. The van der Waals surface area contributed by atoms with E-state index in [0.29, 0.717) is 21.6 Å². The lowest BCUT2D eigenvalue weighted by atomic mass is 10.1. The van der Waals surface area contributed by atoms with Gasteiger partial charge in [0.15, 0.2) is 0 Å². The summed E-state index contributed by atoms with van der Waals surface area (Å²) in [6.07, 6.45) is -0.508. The van der Waals surface area contributed by atoms with Gasteiger partial charge in [-0.25, -0.2) is 0 Å². The second-order valence-corrected chi connectivity index (χ2v) is 7.98. The molecule has 0 aliphatic carbocycles. The maximum absolute atomic E-state index is 12.9. The van der Waals surface area contributed by atoms with E-state index in [0.717, 1.165) is 11.1 Å². The van der Waals surface area contributed by atoms with Crippen molar-refractivity contribution >= 4 is 39.3 Å². The van der Waals surface area contributed by atoms with Gasteiger partial charge < -0.3 is 15.3 Å². The molecule has 1 aliphatic rings. The van der Waals surface area contributed by atoms with Crippen LogP contribution in [0.15, 0.2) is 46.9 Å². The Morgan fingerprint density at radius 3 is 2.63 bits per heavy atom. The van der Waals surface area contributed by atoms with Crippen LogP contribution in [0.3, 0.4) is 0 Å². The van der Waals surface area contributed by atoms with E-state index in [9.17, 15) is 14.7 Å². The van der Waals surface area contributed by atoms with Crippen LogP contribution in [-0.4, -0.2) is 40.5 Å². The van der Waals surface area contributed by atoms with E-state index in [2.05, 4.69) is 21.2 Å². The predicted molar refractivity (Wildman–Crippen MR) is 108 cm³/mol. The third-order valence-electron chi connectivity index (χ3n) is 4.59. The Labute approximate surface area is 171 Å². The number of aliphatic hydroxyl groups excluding tert-OH is 1. The van der Waals surface area contributed by atoms with Crippen molar-refractivity contribution in [2.45, 2.75) is 32.0 Å². The van der Waals surface area contributed by atoms with E-state index >= 15 is 0 Å². The summed E-state index contributed by atoms with van der Waals surface area (Å²) in [4.78, 5) is 27.0. The van der Waals surface area contributed by atoms with Crippen LogP contribution in [0.4, 0.5) is 0 Å². The molecule has 2 atom stereocenters. The van der Waals surface area contributed by atoms with Crippen molar-refractivity contribution in [1.29, 1.82) is 0 Å². The van der Waals surface area contributed by atoms with Gasteiger partial charge in [0.05, 0.1) is 11.7 Å². The van der Waals surface area contributed by atoms with Gasteiger partial charge in [-0.3, -0.25) is 9.59 Å². The molecule has 1 saturated heterocycles. The summed E-state index contributed by atoms with van der Waals surface area (Å²) in [7, 11) is 0. The van der Waals surface area contributed by atoms with Crippen LogP contribution in [0.5, 0.6) is 0 Å². The first-order valence-corrected chi connectivity index (χ1v) is 9.79. The van der Waals surface area contributed by atoms with E-state index in [1.807, 2.05) is 31.2 Å². The highest BCUT2D eigenvalue weighted by Crippen LogP contribution is 2.27. The molecule has 0 bridgehead atoms. The quantitative estimate of drug-likeness (QED) is 0.749. The largest absolute Gasteiger partial charge is 0.391 e. The highest BCUT2D eigenvalue weighted by atomic mass is 79.9. The average molecular weight is 452 g/mol. The molecule has 1 fully saturated rings. The lowest BCUT2D eigenvalue weighted by Gasteiger charge is -2.24. The smallest absolute Gasteiger partial charge is 0.255 e. The highest BCUT2D eigenvalue weighted by molar-refractivity contribution is 9.10. The number of hydrogen-bond donors (Lipinski definition) is 2. The summed E-state index contributed by atoms with van der Waals surface area (Å²) in [5, 5.41) is 13.4. The molecule has 2 N–H and O–H groups in total. The van der Waals surface area contributed by atoms with Crippen LogP contribution >= 0.6 is 27.5 Å². The van der Waals surface area contributed by atoms with Crippen LogP contribution in [0.2, 0.25) is 5.02 Å². The number of aryl methyl sites for hydroxylation is 1. The van der Waals surface area contributed by atoms with E-state index < -0.39 is 12.1 Å². The first-order chi connectivity index (χ1) is 12.8. The highest BCUT2D eigenvalue weighted by Gasteiger charge is 2.39. The van der Waals surface area contributed by atoms with E-state index in [4.69, 9.17) is 11.6 Å². The molecule has 3 rings (SSSR count). The Balaban J connectivity index is 1.72. The van der Waals surface area contributed by atoms with E-state index in [1.54, 1.807) is 18.2 Å². The number of nitrogens with zero attached hydrogens (tertiary/aromatic N) is 1. The zero-order chi connectivity index (χ0) is 19.6. The Morgan fingerprint density at radius 1 is 1.26 bits per heavy atom. The molecule has 1 heterocycles. The first kappa shape index (κ1) is 19.9. The summed E-state index contributed by atoms with van der Waals surface area (Å²) in [6, 6.07) is 12.0. The van der Waals surface area contributed by atoms with Crippen LogP contribution in [0, 0.1) is 6.92 Å². The molecule has 0 aromatic heterocycles. The molecule has 2 amide bonds. The summed E-state index contributed by atoms with van der Waals surface area (Å²) in [6.45, 7) is 2.50. The second-order valence-electron chi connectivity index (χ2n) is 6.69. The molecule has 2 aromatic rings. The van der Waals surface area contributed by atoms with Crippen molar-refractivity contribution in [1.82, 2.24) is 10.2 Å². The molecule has 2 aromatic carbocycles. The molecule has 7 heteroatoms. The zero-order valence-corrected chi connectivity index (χ0v) is 17.1. The minimum absolute atomic E-state index is 0.122. The average Bonchev–Trinajstić information content (AvgIpc) is 3.02. The number of halogens is 2. The summed E-state index contributed by atoms with van der Waals surface area (Å²) >= 11 is 9.27. The van der Waals surface area contributed by atoms with Crippen molar-refractivity contribution in [3.05, 3.63) is 68.7 Å². The van der Waals surface area contributed by atoms with E-state index in [-0.39, 0.29) is 24.8 Å². The zero-order valence-electron chi connectivity index (χ0n) is 14.8. The summed E-state index contributed by atoms with van der Waals surface area (Å²) in [5.74, 6) is -0.587. The number of rotatable bonds is 4. The van der Waals surface area contributed by atoms with Gasteiger partial charge in [-0.1, -0.05) is 41.4 Å². The molecule has 0 spiro atoms. The van der Waals surface area contributed by atoms with Gasteiger partial charge in [-0.2, -0.15) is 0 Å². The van der Waals surface area contributed by atoms with Crippen molar-refractivity contribution in [3.8, 4) is 0 Å². The lowest BCUT2D eigenvalue weighted by Crippen LogP contribution is -2.45. The fourth-order valence-electron chi connectivity index (χ4n) is 3.12. The third-order valence-corrected chi connectivity index (χ3v) is 5.48. The number of hydrogen-bond acceptors (Lipinski definition) is 3. The number of β-amino-alcohol motifs (C(OH)–C–C–N with tert-alkyl or cyclic N) is 1. The Hall–Kier alpha value is -1.89. The summed E-state index contributed by atoms with van der Waals surface area (Å²) in [5.41, 5.74) is 2.53. The van der Waals surface area contributed by atoms with Crippen molar-refractivity contribution in [2.75, 3.05) is 6.54 Å². The van der Waals surface area contributed by atoms with Crippen LogP contribution < -0.4 is 5.32 Å².